The maximum Gasteiger partial charge on any atom is 0.257 e. The van der Waals surface area contributed by atoms with E-state index in [0.717, 1.165) is 6.61 Å². The van der Waals surface area contributed by atoms with Crippen molar-refractivity contribution in [2.24, 2.45) is 0 Å². The molecular weight excluding hydrogens is 218 g/mol. The van der Waals surface area contributed by atoms with E-state index >= 15 is 0 Å². The Morgan fingerprint density at radius 3 is 2.67 bits per heavy atom. The summed E-state index contributed by atoms with van der Waals surface area (Å²) in [7, 11) is -2.93. The van der Waals surface area contributed by atoms with Crippen LogP contribution in [0.2, 0.25) is 0 Å². The molecule has 0 saturated heterocycles. The standard InChI is InChI=1S/C9H10NO4S/c1-7(11)10-9-5-3-2-4-8(9)6-14-15(12)13/h2-6,15H,1H3,(H,10,11). The Morgan fingerprint density at radius 2 is 2.07 bits per heavy atom. The van der Waals surface area contributed by atoms with Crippen molar-refractivity contribution < 1.29 is 17.4 Å². The number of hydrogen-bond acceptors (Lipinski definition) is 4. The Labute approximate surface area is 89.2 Å². The summed E-state index contributed by atoms with van der Waals surface area (Å²) in [6.07, 6.45) is 0. The lowest BCUT2D eigenvalue weighted by Gasteiger charge is -2.07. The van der Waals surface area contributed by atoms with Crippen molar-refractivity contribution in [2.45, 2.75) is 6.92 Å². The molecule has 0 heterocycles. The lowest BCUT2D eigenvalue weighted by atomic mass is 10.2. The van der Waals surface area contributed by atoms with Crippen molar-refractivity contribution in [3.63, 3.8) is 0 Å². The Morgan fingerprint density at radius 1 is 1.40 bits per heavy atom. The maximum absolute atomic E-state index is 10.8. The highest BCUT2D eigenvalue weighted by Crippen LogP contribution is 2.17. The molecule has 15 heavy (non-hydrogen) atoms. The van der Waals surface area contributed by atoms with Gasteiger partial charge in [-0.25, -0.2) is 8.42 Å². The minimum Gasteiger partial charge on any atom is -0.326 e. The van der Waals surface area contributed by atoms with Crippen molar-refractivity contribution >= 4 is 22.6 Å². The summed E-state index contributed by atoms with van der Waals surface area (Å²) < 4.78 is 24.7. The second kappa shape index (κ2) is 5.47. The fourth-order valence-corrected chi connectivity index (χ4v) is 1.20. The Hall–Kier alpha value is -1.40. The fourth-order valence-electron chi connectivity index (χ4n) is 1.00. The van der Waals surface area contributed by atoms with Gasteiger partial charge in [0.1, 0.15) is 6.61 Å². The average Bonchev–Trinajstić information content (AvgIpc) is 2.15. The molecule has 0 bridgehead atoms. The number of anilines is 1. The SMILES string of the molecule is CC(=O)Nc1ccccc1[CH]O[SH](=O)=O. The summed E-state index contributed by atoms with van der Waals surface area (Å²) in [5.41, 5.74) is 0.994. The van der Waals surface area contributed by atoms with Gasteiger partial charge in [0, 0.05) is 18.2 Å². The highest BCUT2D eigenvalue weighted by molar-refractivity contribution is 7.67. The first-order valence-corrected chi connectivity index (χ1v) is 5.20. The van der Waals surface area contributed by atoms with Gasteiger partial charge in [0.2, 0.25) is 5.91 Å². The molecule has 0 aliphatic carbocycles. The monoisotopic (exact) mass is 228 g/mol. The van der Waals surface area contributed by atoms with Gasteiger partial charge in [-0.3, -0.25) is 8.98 Å². The van der Waals surface area contributed by atoms with Crippen molar-refractivity contribution in [3.05, 3.63) is 36.4 Å². The molecule has 1 aromatic carbocycles. The van der Waals surface area contributed by atoms with E-state index in [1.54, 1.807) is 24.3 Å². The van der Waals surface area contributed by atoms with Gasteiger partial charge in [-0.2, -0.15) is 0 Å². The van der Waals surface area contributed by atoms with Gasteiger partial charge >= 0.3 is 0 Å². The summed E-state index contributed by atoms with van der Waals surface area (Å²) >= 11 is 0. The summed E-state index contributed by atoms with van der Waals surface area (Å²) in [6.45, 7) is 2.43. The second-order valence-electron chi connectivity index (χ2n) is 2.72. The Kier molecular flexibility index (Phi) is 4.26. The molecule has 0 unspecified atom stereocenters. The van der Waals surface area contributed by atoms with E-state index in [1.165, 1.54) is 6.92 Å². The highest BCUT2D eigenvalue weighted by Gasteiger charge is 2.04. The van der Waals surface area contributed by atoms with Crippen LogP contribution in [0.3, 0.4) is 0 Å². The first-order chi connectivity index (χ1) is 7.09. The fraction of sp³-hybridized carbons (Fsp3) is 0.111. The minimum absolute atomic E-state index is 0.234. The van der Waals surface area contributed by atoms with Crippen molar-refractivity contribution in [1.82, 2.24) is 0 Å². The van der Waals surface area contributed by atoms with Crippen molar-refractivity contribution in [1.29, 1.82) is 0 Å². The molecule has 1 radical (unpaired) electrons. The van der Waals surface area contributed by atoms with Gasteiger partial charge in [0.15, 0.2) is 0 Å². The molecule has 0 spiro atoms. The topological polar surface area (TPSA) is 72.5 Å². The zero-order chi connectivity index (χ0) is 11.3. The largest absolute Gasteiger partial charge is 0.326 e. The molecule has 1 aromatic rings. The lowest BCUT2D eigenvalue weighted by molar-refractivity contribution is -0.114. The molecule has 1 amide bonds. The van der Waals surface area contributed by atoms with Crippen LogP contribution < -0.4 is 5.32 Å². The highest BCUT2D eigenvalue weighted by atomic mass is 32.2. The molecule has 6 heteroatoms. The number of rotatable bonds is 4. The van der Waals surface area contributed by atoms with Crippen molar-refractivity contribution in [3.8, 4) is 0 Å². The minimum atomic E-state index is -2.93. The summed E-state index contributed by atoms with van der Waals surface area (Å²) in [6, 6.07) is 6.71. The van der Waals surface area contributed by atoms with Crippen LogP contribution in [0.4, 0.5) is 5.69 Å². The molecule has 1 N–H and O–H groups in total. The number of carbonyl (C=O) groups excluding carboxylic acids is 1. The van der Waals surface area contributed by atoms with E-state index in [2.05, 4.69) is 9.50 Å². The van der Waals surface area contributed by atoms with Crippen LogP contribution in [0.1, 0.15) is 12.5 Å². The predicted octanol–water partition coefficient (Wildman–Crippen LogP) is 0.698. The first kappa shape index (κ1) is 11.7. The number of thiol groups is 1. The zero-order valence-electron chi connectivity index (χ0n) is 7.97. The Bertz CT molecular complexity index is 420. The van der Waals surface area contributed by atoms with E-state index in [4.69, 9.17) is 0 Å². The molecule has 0 atom stereocenters. The molecule has 0 fully saturated rings. The van der Waals surface area contributed by atoms with E-state index in [9.17, 15) is 13.2 Å². The third-order valence-corrected chi connectivity index (χ3v) is 1.81. The van der Waals surface area contributed by atoms with Gasteiger partial charge in [-0.15, -0.1) is 0 Å². The summed E-state index contributed by atoms with van der Waals surface area (Å²) in [5.74, 6) is -0.234. The van der Waals surface area contributed by atoms with Gasteiger partial charge in [-0.05, 0) is 6.07 Å². The Balaban J connectivity index is 2.81. The van der Waals surface area contributed by atoms with E-state index in [-0.39, 0.29) is 5.91 Å². The van der Waals surface area contributed by atoms with Gasteiger partial charge < -0.3 is 5.32 Å². The van der Waals surface area contributed by atoms with Crippen LogP contribution >= 0.6 is 0 Å². The van der Waals surface area contributed by atoms with E-state index in [1.807, 2.05) is 0 Å². The van der Waals surface area contributed by atoms with Crippen LogP contribution in [-0.2, 0) is 20.0 Å². The molecule has 0 saturated carbocycles. The molecule has 1 rings (SSSR count). The van der Waals surface area contributed by atoms with E-state index < -0.39 is 11.0 Å². The first-order valence-electron chi connectivity index (χ1n) is 4.10. The molecule has 0 aromatic heterocycles. The van der Waals surface area contributed by atoms with E-state index in [0.29, 0.717) is 11.3 Å². The smallest absolute Gasteiger partial charge is 0.257 e. The summed E-state index contributed by atoms with van der Waals surface area (Å²) in [4.78, 5) is 10.8. The van der Waals surface area contributed by atoms with Crippen LogP contribution in [0.15, 0.2) is 24.3 Å². The molecule has 0 aliphatic rings. The number of nitrogens with one attached hydrogen (secondary N) is 1. The predicted molar refractivity (Wildman–Crippen MR) is 55.5 cm³/mol. The van der Waals surface area contributed by atoms with Crippen LogP contribution in [0.5, 0.6) is 0 Å². The summed E-state index contributed by atoms with van der Waals surface area (Å²) in [5, 5.41) is 2.55. The van der Waals surface area contributed by atoms with Gasteiger partial charge in [0.25, 0.3) is 11.0 Å². The molecule has 81 valence electrons. The molecule has 5 nitrogen and oxygen atoms in total. The van der Waals surface area contributed by atoms with Gasteiger partial charge in [-0.1, -0.05) is 18.2 Å². The quantitative estimate of drug-likeness (QED) is 0.744. The number of carbonyl (C=O) groups is 1. The van der Waals surface area contributed by atoms with Crippen LogP contribution in [-0.4, -0.2) is 14.3 Å². The van der Waals surface area contributed by atoms with Crippen LogP contribution in [0.25, 0.3) is 0 Å². The third-order valence-electron chi connectivity index (χ3n) is 1.54. The molecule has 0 aliphatic heterocycles. The number of hydrogen-bond donors (Lipinski definition) is 2. The third kappa shape index (κ3) is 4.09. The number of benzene rings is 1. The molecular formula is C9H10NO4S. The normalized spacial score (nSPS) is 10.3. The van der Waals surface area contributed by atoms with Crippen molar-refractivity contribution in [2.75, 3.05) is 5.32 Å². The number of para-hydroxylation sites is 1. The second-order valence-corrected chi connectivity index (χ2v) is 3.37. The zero-order valence-corrected chi connectivity index (χ0v) is 8.86. The average molecular weight is 228 g/mol. The van der Waals surface area contributed by atoms with Crippen LogP contribution in [0, 0.1) is 6.61 Å². The van der Waals surface area contributed by atoms with Gasteiger partial charge in [0.05, 0.1) is 0 Å². The lowest BCUT2D eigenvalue weighted by Crippen LogP contribution is -2.07. The number of amides is 1. The maximum atomic E-state index is 10.8.